The summed E-state index contributed by atoms with van der Waals surface area (Å²) in [5, 5.41) is 3.28. The molecule has 0 aliphatic heterocycles. The van der Waals surface area contributed by atoms with Gasteiger partial charge in [-0.2, -0.15) is 0 Å². The molecule has 24 heavy (non-hydrogen) atoms. The fourth-order valence-corrected chi connectivity index (χ4v) is 3.44. The number of rotatable bonds is 4. The highest BCUT2D eigenvalue weighted by atomic mass is 16.5. The molecule has 4 rings (SSSR count). The summed E-state index contributed by atoms with van der Waals surface area (Å²) >= 11 is 0. The standard InChI is InChI=1S/C18H20N4O2/c1-24-14-8-6-12(7-9-14)20-17-10-16-15(11-19-17)21-18(23)22(16)13-4-2-3-5-13/h6-11,13H,2-5H2,1H3,(H,19,20)(H,21,23). The first-order valence-corrected chi connectivity index (χ1v) is 8.26. The van der Waals surface area contributed by atoms with Crippen LogP contribution in [0, 0.1) is 0 Å². The fourth-order valence-electron chi connectivity index (χ4n) is 3.44. The van der Waals surface area contributed by atoms with Gasteiger partial charge in [0, 0.05) is 17.8 Å². The Balaban J connectivity index is 1.68. The maximum atomic E-state index is 12.3. The Morgan fingerprint density at radius 3 is 2.71 bits per heavy atom. The Labute approximate surface area is 139 Å². The zero-order chi connectivity index (χ0) is 16.5. The van der Waals surface area contributed by atoms with E-state index in [2.05, 4.69) is 15.3 Å². The van der Waals surface area contributed by atoms with Crippen molar-refractivity contribution in [3.63, 3.8) is 0 Å². The summed E-state index contributed by atoms with van der Waals surface area (Å²) in [5.74, 6) is 1.53. The second-order valence-electron chi connectivity index (χ2n) is 6.18. The number of methoxy groups -OCH3 is 1. The number of anilines is 2. The number of H-pyrrole nitrogens is 1. The van der Waals surface area contributed by atoms with Crippen molar-refractivity contribution in [3.8, 4) is 5.75 Å². The van der Waals surface area contributed by atoms with E-state index in [0.717, 1.165) is 41.1 Å². The summed E-state index contributed by atoms with van der Waals surface area (Å²) < 4.78 is 7.06. The van der Waals surface area contributed by atoms with Gasteiger partial charge in [-0.05, 0) is 37.1 Å². The molecule has 3 aromatic rings. The van der Waals surface area contributed by atoms with Gasteiger partial charge >= 0.3 is 5.69 Å². The van der Waals surface area contributed by atoms with Gasteiger partial charge in [-0.1, -0.05) is 12.8 Å². The maximum absolute atomic E-state index is 12.3. The van der Waals surface area contributed by atoms with E-state index in [1.807, 2.05) is 34.9 Å². The molecule has 1 fully saturated rings. The third kappa shape index (κ3) is 2.64. The van der Waals surface area contributed by atoms with Gasteiger partial charge in [-0.25, -0.2) is 9.78 Å². The van der Waals surface area contributed by atoms with Crippen LogP contribution in [-0.2, 0) is 0 Å². The van der Waals surface area contributed by atoms with E-state index in [-0.39, 0.29) is 5.69 Å². The zero-order valence-corrected chi connectivity index (χ0v) is 13.6. The minimum absolute atomic E-state index is 0.0414. The van der Waals surface area contributed by atoms with Crippen LogP contribution in [0.2, 0.25) is 0 Å². The highest BCUT2D eigenvalue weighted by molar-refractivity contribution is 5.78. The van der Waals surface area contributed by atoms with E-state index < -0.39 is 0 Å². The van der Waals surface area contributed by atoms with Crippen molar-refractivity contribution in [2.75, 3.05) is 12.4 Å². The number of hydrogen-bond donors (Lipinski definition) is 2. The first-order chi connectivity index (χ1) is 11.7. The number of nitrogens with zero attached hydrogens (tertiary/aromatic N) is 2. The van der Waals surface area contributed by atoms with Gasteiger partial charge in [0.15, 0.2) is 0 Å². The third-order valence-corrected chi connectivity index (χ3v) is 4.65. The molecular weight excluding hydrogens is 304 g/mol. The molecule has 1 saturated carbocycles. The Hall–Kier alpha value is -2.76. The predicted octanol–water partition coefficient (Wildman–Crippen LogP) is 3.59. The molecule has 2 heterocycles. The smallest absolute Gasteiger partial charge is 0.326 e. The average Bonchev–Trinajstić information content (AvgIpc) is 3.22. The molecule has 0 radical (unpaired) electrons. The minimum atomic E-state index is -0.0414. The molecule has 2 aromatic heterocycles. The lowest BCUT2D eigenvalue weighted by Crippen LogP contribution is -2.20. The number of fused-ring (bicyclic) bond motifs is 1. The van der Waals surface area contributed by atoms with Gasteiger partial charge in [0.2, 0.25) is 0 Å². The minimum Gasteiger partial charge on any atom is -0.497 e. The van der Waals surface area contributed by atoms with Gasteiger partial charge < -0.3 is 15.0 Å². The van der Waals surface area contributed by atoms with E-state index in [9.17, 15) is 4.79 Å². The van der Waals surface area contributed by atoms with Crippen molar-refractivity contribution >= 4 is 22.5 Å². The molecular formula is C18H20N4O2. The van der Waals surface area contributed by atoms with Crippen LogP contribution >= 0.6 is 0 Å². The third-order valence-electron chi connectivity index (χ3n) is 4.65. The molecule has 0 bridgehead atoms. The lowest BCUT2D eigenvalue weighted by Gasteiger charge is -2.12. The largest absolute Gasteiger partial charge is 0.497 e. The lowest BCUT2D eigenvalue weighted by molar-refractivity contribution is 0.415. The van der Waals surface area contributed by atoms with E-state index in [1.54, 1.807) is 13.3 Å². The first-order valence-electron chi connectivity index (χ1n) is 8.26. The molecule has 0 amide bonds. The summed E-state index contributed by atoms with van der Waals surface area (Å²) in [6, 6.07) is 9.90. The summed E-state index contributed by atoms with van der Waals surface area (Å²) in [4.78, 5) is 19.6. The Morgan fingerprint density at radius 2 is 2.00 bits per heavy atom. The van der Waals surface area contributed by atoms with Crippen LogP contribution in [0.25, 0.3) is 11.0 Å². The van der Waals surface area contributed by atoms with E-state index in [4.69, 9.17) is 4.74 Å². The van der Waals surface area contributed by atoms with Gasteiger partial charge in [0.1, 0.15) is 11.6 Å². The van der Waals surface area contributed by atoms with Crippen LogP contribution in [0.15, 0.2) is 41.3 Å². The molecule has 1 aliphatic rings. The number of aromatic amines is 1. The van der Waals surface area contributed by atoms with Crippen LogP contribution in [-0.4, -0.2) is 21.6 Å². The Kier molecular flexibility index (Phi) is 3.72. The molecule has 0 saturated heterocycles. The SMILES string of the molecule is COc1ccc(Nc2cc3c(cn2)[nH]c(=O)n3C2CCCC2)cc1. The summed E-state index contributed by atoms with van der Waals surface area (Å²) in [6.07, 6.45) is 6.22. The summed E-state index contributed by atoms with van der Waals surface area (Å²) in [6.45, 7) is 0. The summed E-state index contributed by atoms with van der Waals surface area (Å²) in [5.41, 5.74) is 2.58. The van der Waals surface area contributed by atoms with Gasteiger partial charge in [0.25, 0.3) is 0 Å². The van der Waals surface area contributed by atoms with Crippen molar-refractivity contribution in [1.82, 2.24) is 14.5 Å². The molecule has 1 aliphatic carbocycles. The number of pyridine rings is 1. The predicted molar refractivity (Wildman–Crippen MR) is 94.1 cm³/mol. The molecule has 6 nitrogen and oxygen atoms in total. The number of hydrogen-bond acceptors (Lipinski definition) is 4. The number of benzene rings is 1. The van der Waals surface area contributed by atoms with Gasteiger partial charge in [-0.15, -0.1) is 0 Å². The van der Waals surface area contributed by atoms with Crippen LogP contribution < -0.4 is 15.7 Å². The monoisotopic (exact) mass is 324 g/mol. The fraction of sp³-hybridized carbons (Fsp3) is 0.333. The van der Waals surface area contributed by atoms with E-state index in [0.29, 0.717) is 6.04 Å². The number of nitrogens with one attached hydrogen (secondary N) is 2. The quantitative estimate of drug-likeness (QED) is 0.769. The number of imidazole rings is 1. The van der Waals surface area contributed by atoms with Gasteiger partial charge in [-0.3, -0.25) is 4.57 Å². The van der Waals surface area contributed by atoms with Gasteiger partial charge in [0.05, 0.1) is 24.3 Å². The normalized spacial score (nSPS) is 15.0. The second-order valence-corrected chi connectivity index (χ2v) is 6.18. The van der Waals surface area contributed by atoms with Crippen molar-refractivity contribution in [2.45, 2.75) is 31.7 Å². The zero-order valence-electron chi connectivity index (χ0n) is 13.6. The maximum Gasteiger partial charge on any atom is 0.326 e. The first kappa shape index (κ1) is 14.8. The van der Waals surface area contributed by atoms with Crippen molar-refractivity contribution in [3.05, 3.63) is 47.0 Å². The van der Waals surface area contributed by atoms with Crippen LogP contribution in [0.3, 0.4) is 0 Å². The van der Waals surface area contributed by atoms with E-state index in [1.165, 1.54) is 12.8 Å². The van der Waals surface area contributed by atoms with E-state index >= 15 is 0 Å². The average molecular weight is 324 g/mol. The van der Waals surface area contributed by atoms with Crippen molar-refractivity contribution in [1.29, 1.82) is 0 Å². The Morgan fingerprint density at radius 1 is 1.25 bits per heavy atom. The molecule has 0 unspecified atom stereocenters. The highest BCUT2D eigenvalue weighted by Crippen LogP contribution is 2.31. The summed E-state index contributed by atoms with van der Waals surface area (Å²) in [7, 11) is 1.64. The second kappa shape index (κ2) is 6.03. The molecule has 0 atom stereocenters. The Bertz CT molecular complexity index is 905. The number of aromatic nitrogens is 3. The molecule has 124 valence electrons. The number of ether oxygens (including phenoxy) is 1. The molecule has 2 N–H and O–H groups in total. The lowest BCUT2D eigenvalue weighted by atomic mass is 10.2. The molecule has 0 spiro atoms. The molecule has 6 heteroatoms. The van der Waals surface area contributed by atoms with Crippen LogP contribution in [0.5, 0.6) is 5.75 Å². The molecule has 1 aromatic carbocycles. The van der Waals surface area contributed by atoms with Crippen LogP contribution in [0.4, 0.5) is 11.5 Å². The van der Waals surface area contributed by atoms with Crippen molar-refractivity contribution < 1.29 is 4.74 Å². The van der Waals surface area contributed by atoms with Crippen LogP contribution in [0.1, 0.15) is 31.7 Å². The topological polar surface area (TPSA) is 71.9 Å². The highest BCUT2D eigenvalue weighted by Gasteiger charge is 2.21. The van der Waals surface area contributed by atoms with Crippen molar-refractivity contribution in [2.24, 2.45) is 0 Å².